The third kappa shape index (κ3) is 2.53. The lowest BCUT2D eigenvalue weighted by atomic mass is 10.2. The number of fused-ring (bicyclic) bond motifs is 2. The lowest BCUT2D eigenvalue weighted by molar-refractivity contribution is 0.0943. The van der Waals surface area contributed by atoms with E-state index in [4.69, 9.17) is 5.41 Å². The van der Waals surface area contributed by atoms with Crippen molar-refractivity contribution in [3.63, 3.8) is 0 Å². The number of carbonyl (C=O) groups excluding carboxylic acids is 1. The van der Waals surface area contributed by atoms with Crippen molar-refractivity contribution in [2.75, 3.05) is 0 Å². The predicted molar refractivity (Wildman–Crippen MR) is 101 cm³/mol. The van der Waals surface area contributed by atoms with Gasteiger partial charge < -0.3 is 25.3 Å². The first-order valence-corrected chi connectivity index (χ1v) is 8.75. The number of carbonyl (C=O) groups is 1. The van der Waals surface area contributed by atoms with E-state index in [1.807, 2.05) is 19.1 Å². The number of benzene rings is 1. The molecule has 0 spiro atoms. The number of amides is 1. The molecule has 26 heavy (non-hydrogen) atoms. The van der Waals surface area contributed by atoms with Gasteiger partial charge in [0, 0.05) is 25.4 Å². The van der Waals surface area contributed by atoms with E-state index in [9.17, 15) is 9.59 Å². The average Bonchev–Trinajstić information content (AvgIpc) is 3.24. The van der Waals surface area contributed by atoms with E-state index < -0.39 is 0 Å². The third-order valence-corrected chi connectivity index (χ3v) is 5.26. The standard InChI is InChI=1S/C17H16N6O2S/c1-8-20-15-14(26-8)10(6-18)13(23(15)2)16(24)19-7-9-3-4-11-12(5-9)22-17(25)21-11/h3-6,18H,7H2,1-2H3,(H,19,24)(H2,21,22,25). The molecule has 9 heteroatoms. The van der Waals surface area contributed by atoms with Crippen molar-refractivity contribution in [1.29, 1.82) is 5.41 Å². The summed E-state index contributed by atoms with van der Waals surface area (Å²) >= 11 is 1.47. The van der Waals surface area contributed by atoms with Crippen LogP contribution < -0.4 is 11.0 Å². The summed E-state index contributed by atoms with van der Waals surface area (Å²) in [4.78, 5) is 33.9. The van der Waals surface area contributed by atoms with Gasteiger partial charge in [-0.1, -0.05) is 6.07 Å². The number of thiazole rings is 1. The van der Waals surface area contributed by atoms with Gasteiger partial charge in [0.1, 0.15) is 5.69 Å². The summed E-state index contributed by atoms with van der Waals surface area (Å²) in [5.74, 6) is -0.267. The Morgan fingerprint density at radius 2 is 2.15 bits per heavy atom. The molecule has 132 valence electrons. The van der Waals surface area contributed by atoms with Crippen molar-refractivity contribution < 1.29 is 4.79 Å². The molecular weight excluding hydrogens is 352 g/mol. The maximum absolute atomic E-state index is 12.7. The monoisotopic (exact) mass is 368 g/mol. The minimum Gasteiger partial charge on any atom is -0.347 e. The second kappa shape index (κ2) is 5.95. The number of aryl methyl sites for hydroxylation is 2. The Kier molecular flexibility index (Phi) is 3.73. The van der Waals surface area contributed by atoms with E-state index in [0.717, 1.165) is 20.8 Å². The van der Waals surface area contributed by atoms with E-state index in [1.54, 1.807) is 17.7 Å². The minimum absolute atomic E-state index is 0.261. The summed E-state index contributed by atoms with van der Waals surface area (Å²) in [5, 5.41) is 11.5. The lowest BCUT2D eigenvalue weighted by Crippen LogP contribution is -2.26. The molecule has 0 unspecified atom stereocenters. The zero-order valence-corrected chi connectivity index (χ0v) is 15.0. The molecule has 0 aliphatic carbocycles. The lowest BCUT2D eigenvalue weighted by Gasteiger charge is -2.08. The zero-order chi connectivity index (χ0) is 18.4. The first-order chi connectivity index (χ1) is 12.5. The van der Waals surface area contributed by atoms with Gasteiger partial charge in [-0.25, -0.2) is 9.78 Å². The highest BCUT2D eigenvalue weighted by Crippen LogP contribution is 2.29. The van der Waals surface area contributed by atoms with Gasteiger partial charge in [-0.2, -0.15) is 0 Å². The Balaban J connectivity index is 1.62. The van der Waals surface area contributed by atoms with Crippen LogP contribution in [0.5, 0.6) is 0 Å². The van der Waals surface area contributed by atoms with Crippen LogP contribution in [0.3, 0.4) is 0 Å². The summed E-state index contributed by atoms with van der Waals surface area (Å²) in [6.07, 6.45) is 1.20. The van der Waals surface area contributed by atoms with Crippen molar-refractivity contribution in [1.82, 2.24) is 24.8 Å². The van der Waals surface area contributed by atoms with Crippen LogP contribution in [-0.2, 0) is 13.6 Å². The molecule has 1 aromatic carbocycles. The van der Waals surface area contributed by atoms with Crippen LogP contribution in [0.4, 0.5) is 0 Å². The van der Waals surface area contributed by atoms with Gasteiger partial charge in [0.15, 0.2) is 5.65 Å². The number of rotatable bonds is 4. The van der Waals surface area contributed by atoms with Crippen molar-refractivity contribution in [2.45, 2.75) is 13.5 Å². The van der Waals surface area contributed by atoms with Gasteiger partial charge in [0.25, 0.3) is 5.91 Å². The van der Waals surface area contributed by atoms with E-state index in [-0.39, 0.29) is 11.6 Å². The summed E-state index contributed by atoms with van der Waals surface area (Å²) in [5.41, 5.74) is 3.73. The molecule has 0 bridgehead atoms. The number of aromatic amines is 2. The molecular formula is C17H16N6O2S. The topological polar surface area (TPSA) is 119 Å². The van der Waals surface area contributed by atoms with Crippen LogP contribution in [0.1, 0.15) is 26.6 Å². The van der Waals surface area contributed by atoms with Gasteiger partial charge in [0.2, 0.25) is 0 Å². The fourth-order valence-corrected chi connectivity index (χ4v) is 4.04. The smallest absolute Gasteiger partial charge is 0.323 e. The molecule has 0 fully saturated rings. The van der Waals surface area contributed by atoms with E-state index in [0.29, 0.717) is 29.0 Å². The predicted octanol–water partition coefficient (Wildman–Crippen LogP) is 2.04. The molecule has 0 aliphatic rings. The van der Waals surface area contributed by atoms with Crippen molar-refractivity contribution >= 4 is 44.8 Å². The number of nitrogens with one attached hydrogen (secondary N) is 4. The largest absolute Gasteiger partial charge is 0.347 e. The Labute approximate surface area is 151 Å². The number of imidazole rings is 1. The third-order valence-electron chi connectivity index (χ3n) is 4.26. The maximum atomic E-state index is 12.7. The summed E-state index contributed by atoms with van der Waals surface area (Å²) < 4.78 is 2.57. The average molecular weight is 368 g/mol. The van der Waals surface area contributed by atoms with Crippen LogP contribution in [0, 0.1) is 12.3 Å². The molecule has 0 atom stereocenters. The van der Waals surface area contributed by atoms with Crippen LogP contribution >= 0.6 is 11.3 Å². The molecule has 4 rings (SSSR count). The molecule has 1 amide bonds. The number of nitrogens with zero attached hydrogens (tertiary/aromatic N) is 2. The van der Waals surface area contributed by atoms with Crippen LogP contribution in [0.25, 0.3) is 21.4 Å². The van der Waals surface area contributed by atoms with Crippen molar-refractivity contribution in [3.05, 3.63) is 50.5 Å². The molecule has 0 saturated carbocycles. The quantitative estimate of drug-likeness (QED) is 0.413. The minimum atomic E-state index is -0.267. The van der Waals surface area contributed by atoms with Gasteiger partial charge in [-0.3, -0.25) is 4.79 Å². The Hall–Kier alpha value is -3.20. The summed E-state index contributed by atoms with van der Waals surface area (Å²) in [6.45, 7) is 2.21. The molecule has 0 radical (unpaired) electrons. The first kappa shape index (κ1) is 16.3. The van der Waals surface area contributed by atoms with Gasteiger partial charge in [0.05, 0.1) is 20.7 Å². The number of H-pyrrole nitrogens is 2. The molecule has 4 N–H and O–H groups in total. The number of hydrogen-bond acceptors (Lipinski definition) is 5. The van der Waals surface area contributed by atoms with E-state index in [1.165, 1.54) is 17.6 Å². The molecule has 0 aliphatic heterocycles. The molecule has 3 aromatic heterocycles. The van der Waals surface area contributed by atoms with Crippen molar-refractivity contribution in [2.24, 2.45) is 7.05 Å². The fourth-order valence-electron chi connectivity index (χ4n) is 3.08. The molecule has 8 nitrogen and oxygen atoms in total. The van der Waals surface area contributed by atoms with Gasteiger partial charge in [-0.15, -0.1) is 11.3 Å². The summed E-state index contributed by atoms with van der Waals surface area (Å²) in [6, 6.07) is 5.46. The van der Waals surface area contributed by atoms with Crippen LogP contribution in [0.2, 0.25) is 0 Å². The maximum Gasteiger partial charge on any atom is 0.323 e. The van der Waals surface area contributed by atoms with Crippen LogP contribution in [-0.4, -0.2) is 31.6 Å². The molecule has 0 saturated heterocycles. The zero-order valence-electron chi connectivity index (χ0n) is 14.1. The highest BCUT2D eigenvalue weighted by molar-refractivity contribution is 7.18. The molecule has 4 aromatic rings. The Morgan fingerprint density at radius 3 is 2.92 bits per heavy atom. The van der Waals surface area contributed by atoms with E-state index >= 15 is 0 Å². The highest BCUT2D eigenvalue weighted by atomic mass is 32.1. The van der Waals surface area contributed by atoms with Crippen LogP contribution in [0.15, 0.2) is 23.0 Å². The van der Waals surface area contributed by atoms with Gasteiger partial charge >= 0.3 is 5.69 Å². The number of aromatic nitrogens is 4. The Morgan fingerprint density at radius 1 is 1.38 bits per heavy atom. The second-order valence-corrected chi connectivity index (χ2v) is 7.20. The second-order valence-electron chi connectivity index (χ2n) is 5.99. The first-order valence-electron chi connectivity index (χ1n) is 7.93. The van der Waals surface area contributed by atoms with Crippen molar-refractivity contribution in [3.8, 4) is 0 Å². The highest BCUT2D eigenvalue weighted by Gasteiger charge is 2.22. The Bertz CT molecular complexity index is 1230. The van der Waals surface area contributed by atoms with Gasteiger partial charge in [-0.05, 0) is 24.6 Å². The summed E-state index contributed by atoms with van der Waals surface area (Å²) in [7, 11) is 1.78. The fraction of sp³-hybridized carbons (Fsp3) is 0.176. The molecule has 3 heterocycles. The SMILES string of the molecule is Cc1nc2c(s1)c(C=N)c(C(=O)NCc1ccc3[nH]c(=O)[nH]c3c1)n2C. The number of hydrogen-bond donors (Lipinski definition) is 4. The normalized spacial score (nSPS) is 11.3. The van der Waals surface area contributed by atoms with E-state index in [2.05, 4.69) is 20.3 Å².